The summed E-state index contributed by atoms with van der Waals surface area (Å²) >= 11 is 0. The molecule has 1 heterocycles. The summed E-state index contributed by atoms with van der Waals surface area (Å²) in [6.45, 7) is 0.714. The molecule has 0 unspecified atom stereocenters. The first-order chi connectivity index (χ1) is 8.84. The zero-order valence-corrected chi connectivity index (χ0v) is 9.88. The lowest BCUT2D eigenvalue weighted by atomic mass is 10.2. The zero-order valence-electron chi connectivity index (χ0n) is 9.88. The zero-order chi connectivity index (χ0) is 12.4. The van der Waals surface area contributed by atoms with Crippen molar-refractivity contribution in [1.82, 2.24) is 9.89 Å². The molecule has 0 saturated carbocycles. The van der Waals surface area contributed by atoms with Crippen molar-refractivity contribution in [1.29, 1.82) is 0 Å². The Balaban J connectivity index is 1.87. The predicted molar refractivity (Wildman–Crippen MR) is 73.7 cm³/mol. The summed E-state index contributed by atoms with van der Waals surface area (Å²) in [6, 6.07) is 16.0. The van der Waals surface area contributed by atoms with Gasteiger partial charge >= 0.3 is 0 Å². The van der Waals surface area contributed by atoms with E-state index in [-0.39, 0.29) is 0 Å². The summed E-state index contributed by atoms with van der Waals surface area (Å²) < 4.78 is 0. The number of nitrogen functional groups attached to an aromatic ring is 1. The number of hydrogen-bond donors (Lipinski definition) is 2. The molecule has 4 nitrogen and oxygen atoms in total. The maximum absolute atomic E-state index is 5.97. The SMILES string of the molecule is Nc1cccc2cnn(NCc3ccccc3)c12. The van der Waals surface area contributed by atoms with Crippen molar-refractivity contribution in [3.63, 3.8) is 0 Å². The molecule has 0 aliphatic carbocycles. The number of anilines is 1. The number of rotatable bonds is 3. The average Bonchev–Trinajstić information content (AvgIpc) is 2.82. The van der Waals surface area contributed by atoms with Gasteiger partial charge in [0.2, 0.25) is 0 Å². The third-order valence-corrected chi connectivity index (χ3v) is 2.90. The molecule has 1 aromatic heterocycles. The van der Waals surface area contributed by atoms with Crippen LogP contribution in [0, 0.1) is 0 Å². The highest BCUT2D eigenvalue weighted by Crippen LogP contribution is 2.19. The highest BCUT2D eigenvalue weighted by Gasteiger charge is 2.04. The fourth-order valence-corrected chi connectivity index (χ4v) is 1.99. The van der Waals surface area contributed by atoms with E-state index in [1.807, 2.05) is 42.6 Å². The van der Waals surface area contributed by atoms with Gasteiger partial charge in [0.15, 0.2) is 0 Å². The van der Waals surface area contributed by atoms with E-state index in [1.165, 1.54) is 5.56 Å². The van der Waals surface area contributed by atoms with Crippen molar-refractivity contribution in [2.24, 2.45) is 0 Å². The smallest absolute Gasteiger partial charge is 0.115 e. The fourth-order valence-electron chi connectivity index (χ4n) is 1.99. The van der Waals surface area contributed by atoms with E-state index in [4.69, 9.17) is 5.73 Å². The first-order valence-corrected chi connectivity index (χ1v) is 5.84. The van der Waals surface area contributed by atoms with Gasteiger partial charge in [-0.3, -0.25) is 0 Å². The van der Waals surface area contributed by atoms with Gasteiger partial charge in [0, 0.05) is 5.39 Å². The Kier molecular flexibility index (Phi) is 2.61. The predicted octanol–water partition coefficient (Wildman–Crippen LogP) is 2.36. The van der Waals surface area contributed by atoms with E-state index in [9.17, 15) is 0 Å². The van der Waals surface area contributed by atoms with Gasteiger partial charge in [0.25, 0.3) is 0 Å². The number of hydrogen-bond acceptors (Lipinski definition) is 3. The maximum Gasteiger partial charge on any atom is 0.115 e. The van der Waals surface area contributed by atoms with Crippen LogP contribution in [0.25, 0.3) is 10.9 Å². The summed E-state index contributed by atoms with van der Waals surface area (Å²) in [7, 11) is 0. The third-order valence-electron chi connectivity index (χ3n) is 2.90. The van der Waals surface area contributed by atoms with Crippen LogP contribution < -0.4 is 11.2 Å². The third kappa shape index (κ3) is 1.88. The van der Waals surface area contributed by atoms with Crippen LogP contribution in [0.5, 0.6) is 0 Å². The number of nitrogens with zero attached hydrogens (tertiary/aromatic N) is 2. The van der Waals surface area contributed by atoms with E-state index in [0.29, 0.717) is 6.54 Å². The lowest BCUT2D eigenvalue weighted by Gasteiger charge is -2.08. The molecule has 0 bridgehead atoms. The molecule has 0 fully saturated rings. The number of para-hydroxylation sites is 1. The second-order valence-corrected chi connectivity index (χ2v) is 4.16. The molecule has 0 aliphatic heterocycles. The molecular weight excluding hydrogens is 224 g/mol. The van der Waals surface area contributed by atoms with Gasteiger partial charge in [-0.05, 0) is 11.6 Å². The Labute approximate surface area is 105 Å². The van der Waals surface area contributed by atoms with Gasteiger partial charge < -0.3 is 11.2 Å². The monoisotopic (exact) mass is 238 g/mol. The molecule has 4 heteroatoms. The van der Waals surface area contributed by atoms with Crippen molar-refractivity contribution in [2.45, 2.75) is 6.54 Å². The van der Waals surface area contributed by atoms with Gasteiger partial charge in [-0.15, -0.1) is 0 Å². The Morgan fingerprint density at radius 1 is 1.06 bits per heavy atom. The van der Waals surface area contributed by atoms with E-state index in [1.54, 1.807) is 4.79 Å². The van der Waals surface area contributed by atoms with Crippen LogP contribution in [0.15, 0.2) is 54.7 Å². The summed E-state index contributed by atoms with van der Waals surface area (Å²) in [5, 5.41) is 5.33. The van der Waals surface area contributed by atoms with Gasteiger partial charge in [-0.2, -0.15) is 9.89 Å². The Bertz CT molecular complexity index is 658. The normalized spacial score (nSPS) is 10.7. The topological polar surface area (TPSA) is 55.9 Å². The first-order valence-electron chi connectivity index (χ1n) is 5.84. The molecule has 90 valence electrons. The van der Waals surface area contributed by atoms with Crippen molar-refractivity contribution in [3.8, 4) is 0 Å². The van der Waals surface area contributed by atoms with Gasteiger partial charge in [-0.25, -0.2) is 0 Å². The van der Waals surface area contributed by atoms with Crippen LogP contribution in [0.3, 0.4) is 0 Å². The molecule has 0 saturated heterocycles. The first kappa shape index (κ1) is 10.7. The molecule has 0 radical (unpaired) electrons. The summed E-state index contributed by atoms with van der Waals surface area (Å²) in [5.74, 6) is 0. The van der Waals surface area contributed by atoms with Crippen LogP contribution in [0.4, 0.5) is 5.69 Å². The Hall–Kier alpha value is -2.49. The summed E-state index contributed by atoms with van der Waals surface area (Å²) in [4.78, 5) is 1.73. The minimum absolute atomic E-state index is 0.714. The van der Waals surface area contributed by atoms with Crippen LogP contribution >= 0.6 is 0 Å². The average molecular weight is 238 g/mol. The molecular formula is C14H14N4. The quantitative estimate of drug-likeness (QED) is 0.689. The number of aromatic nitrogens is 2. The molecule has 3 rings (SSSR count). The van der Waals surface area contributed by atoms with Crippen LogP contribution in [0.1, 0.15) is 5.56 Å². The van der Waals surface area contributed by atoms with E-state index in [0.717, 1.165) is 16.6 Å². The maximum atomic E-state index is 5.97. The molecule has 0 aliphatic rings. The molecule has 0 atom stereocenters. The number of nitrogens with two attached hydrogens (primary N) is 1. The second-order valence-electron chi connectivity index (χ2n) is 4.16. The lowest BCUT2D eigenvalue weighted by Crippen LogP contribution is -2.16. The second kappa shape index (κ2) is 4.41. The summed E-state index contributed by atoms with van der Waals surface area (Å²) in [6.07, 6.45) is 1.81. The molecule has 3 N–H and O–H groups in total. The summed E-state index contributed by atoms with van der Waals surface area (Å²) in [5.41, 5.74) is 12.1. The lowest BCUT2D eigenvalue weighted by molar-refractivity contribution is 0.756. The number of fused-ring (bicyclic) bond motifs is 1. The largest absolute Gasteiger partial charge is 0.397 e. The van der Waals surface area contributed by atoms with E-state index >= 15 is 0 Å². The van der Waals surface area contributed by atoms with Gasteiger partial charge in [-0.1, -0.05) is 42.5 Å². The van der Waals surface area contributed by atoms with Gasteiger partial charge in [0.1, 0.15) is 5.52 Å². The van der Waals surface area contributed by atoms with E-state index in [2.05, 4.69) is 22.7 Å². The Morgan fingerprint density at radius 3 is 2.72 bits per heavy atom. The Morgan fingerprint density at radius 2 is 1.89 bits per heavy atom. The number of nitrogens with one attached hydrogen (secondary N) is 1. The molecule has 18 heavy (non-hydrogen) atoms. The van der Waals surface area contributed by atoms with Crippen LogP contribution in [-0.4, -0.2) is 9.89 Å². The number of benzene rings is 2. The standard InChI is InChI=1S/C14H14N4/c15-13-8-4-7-12-10-17-18(14(12)13)16-9-11-5-2-1-3-6-11/h1-8,10,16H,9,15H2. The van der Waals surface area contributed by atoms with E-state index < -0.39 is 0 Å². The van der Waals surface area contributed by atoms with Crippen molar-refractivity contribution in [2.75, 3.05) is 11.2 Å². The molecule has 0 amide bonds. The molecule has 0 spiro atoms. The minimum atomic E-state index is 0.714. The highest BCUT2D eigenvalue weighted by molar-refractivity contribution is 5.89. The van der Waals surface area contributed by atoms with Crippen LogP contribution in [0.2, 0.25) is 0 Å². The highest BCUT2D eigenvalue weighted by atomic mass is 15.6. The minimum Gasteiger partial charge on any atom is -0.397 e. The van der Waals surface area contributed by atoms with Gasteiger partial charge in [0.05, 0.1) is 18.4 Å². The molecule has 2 aromatic carbocycles. The van der Waals surface area contributed by atoms with Crippen molar-refractivity contribution in [3.05, 3.63) is 60.3 Å². The van der Waals surface area contributed by atoms with Crippen molar-refractivity contribution < 1.29 is 0 Å². The van der Waals surface area contributed by atoms with Crippen molar-refractivity contribution >= 4 is 16.6 Å². The van der Waals surface area contributed by atoms with Crippen LogP contribution in [-0.2, 0) is 6.54 Å². The molecule has 3 aromatic rings. The fraction of sp³-hybridized carbons (Fsp3) is 0.0714.